The number of hydrogen-bond acceptors (Lipinski definition) is 4. The number of nitrogens with one attached hydrogen (secondary N) is 1. The second-order valence-corrected chi connectivity index (χ2v) is 10.4. The maximum Gasteiger partial charge on any atom is 0.506 e. The van der Waals surface area contributed by atoms with Gasteiger partial charge in [-0.2, -0.15) is 0 Å². The van der Waals surface area contributed by atoms with Crippen molar-refractivity contribution < 1.29 is 24.2 Å². The second-order valence-electron chi connectivity index (χ2n) is 10.4. The van der Waals surface area contributed by atoms with Crippen molar-refractivity contribution in [2.24, 2.45) is 23.7 Å². The highest BCUT2D eigenvalue weighted by molar-refractivity contribution is 5.84. The number of carboxylic acid groups (broad SMARTS) is 1. The lowest BCUT2D eigenvalue weighted by molar-refractivity contribution is -0.168. The van der Waals surface area contributed by atoms with E-state index in [1.165, 1.54) is 19.3 Å². The number of carbonyl (C=O) groups is 2. The topological polar surface area (TPSA) is 84.9 Å². The Balaban J connectivity index is 1.40. The third kappa shape index (κ3) is 3.77. The van der Waals surface area contributed by atoms with Crippen LogP contribution < -0.4 is 5.32 Å². The molecule has 6 nitrogen and oxygen atoms in total. The van der Waals surface area contributed by atoms with E-state index in [4.69, 9.17) is 14.6 Å². The number of hydrogen-bond donors (Lipinski definition) is 2. The minimum absolute atomic E-state index is 0.0315. The van der Waals surface area contributed by atoms with Crippen LogP contribution in [0.25, 0.3) is 0 Å². The Labute approximate surface area is 167 Å². The highest BCUT2D eigenvalue weighted by atomic mass is 16.7. The Kier molecular flexibility index (Phi) is 5.13. The molecule has 1 amide bonds. The maximum absolute atomic E-state index is 13.1. The van der Waals surface area contributed by atoms with E-state index in [1.54, 1.807) is 0 Å². The Morgan fingerprint density at radius 2 is 1.71 bits per heavy atom. The first kappa shape index (κ1) is 20.0. The molecule has 0 aromatic heterocycles. The number of ether oxygens (including phenoxy) is 2. The predicted molar refractivity (Wildman–Crippen MR) is 104 cm³/mol. The van der Waals surface area contributed by atoms with E-state index in [9.17, 15) is 9.59 Å². The monoisotopic (exact) mass is 393 g/mol. The fourth-order valence-corrected chi connectivity index (χ4v) is 6.71. The molecule has 4 bridgehead atoms. The summed E-state index contributed by atoms with van der Waals surface area (Å²) in [6, 6.07) is 0.112. The van der Waals surface area contributed by atoms with Crippen molar-refractivity contribution in [2.45, 2.75) is 102 Å². The van der Waals surface area contributed by atoms with E-state index >= 15 is 0 Å². The van der Waals surface area contributed by atoms with Crippen LogP contribution in [0.2, 0.25) is 0 Å². The Bertz CT molecular complexity index is 616. The molecule has 5 saturated carbocycles. The molecule has 5 rings (SSSR count). The Morgan fingerprint density at radius 3 is 2.32 bits per heavy atom. The molecule has 4 atom stereocenters. The van der Waals surface area contributed by atoms with Crippen molar-refractivity contribution in [1.82, 2.24) is 5.32 Å². The van der Waals surface area contributed by atoms with Gasteiger partial charge in [-0.25, -0.2) is 4.79 Å². The molecule has 5 aliphatic rings. The van der Waals surface area contributed by atoms with Gasteiger partial charge in [0.1, 0.15) is 11.2 Å². The summed E-state index contributed by atoms with van der Waals surface area (Å²) in [7, 11) is 0. The van der Waals surface area contributed by atoms with Gasteiger partial charge in [-0.3, -0.25) is 4.79 Å². The van der Waals surface area contributed by atoms with E-state index in [1.807, 2.05) is 13.8 Å². The summed E-state index contributed by atoms with van der Waals surface area (Å²) >= 11 is 0. The summed E-state index contributed by atoms with van der Waals surface area (Å²) < 4.78 is 11.7. The molecule has 0 aromatic carbocycles. The largest absolute Gasteiger partial charge is 0.506 e. The predicted octanol–water partition coefficient (Wildman–Crippen LogP) is 4.12. The van der Waals surface area contributed by atoms with Gasteiger partial charge in [0.25, 0.3) is 5.91 Å². The molecule has 2 N–H and O–H groups in total. The molecule has 28 heavy (non-hydrogen) atoms. The van der Waals surface area contributed by atoms with Crippen LogP contribution in [0, 0.1) is 23.7 Å². The molecule has 158 valence electrons. The van der Waals surface area contributed by atoms with Gasteiger partial charge >= 0.3 is 6.16 Å². The molecule has 0 aromatic rings. The Morgan fingerprint density at radius 1 is 1.07 bits per heavy atom. The summed E-state index contributed by atoms with van der Waals surface area (Å²) in [6.45, 7) is 5.99. The molecule has 0 heterocycles. The van der Waals surface area contributed by atoms with E-state index in [0.29, 0.717) is 23.7 Å². The van der Waals surface area contributed by atoms with Gasteiger partial charge in [-0.15, -0.1) is 0 Å². The van der Waals surface area contributed by atoms with Crippen LogP contribution >= 0.6 is 0 Å². The summed E-state index contributed by atoms with van der Waals surface area (Å²) in [6.07, 6.45) is 8.05. The van der Waals surface area contributed by atoms with Gasteiger partial charge in [0, 0.05) is 6.04 Å². The molecular formula is C22H35NO5. The second kappa shape index (κ2) is 7.19. The third-order valence-corrected chi connectivity index (χ3v) is 7.84. The minimum Gasteiger partial charge on any atom is -0.450 e. The minimum atomic E-state index is -1.17. The molecule has 4 unspecified atom stereocenters. The summed E-state index contributed by atoms with van der Waals surface area (Å²) in [5, 5.41) is 12.5. The first-order chi connectivity index (χ1) is 13.2. The van der Waals surface area contributed by atoms with Crippen LogP contribution in [-0.2, 0) is 14.3 Å². The zero-order chi connectivity index (χ0) is 20.1. The zero-order valence-electron chi connectivity index (χ0n) is 17.4. The first-order valence-electron chi connectivity index (χ1n) is 11.1. The van der Waals surface area contributed by atoms with Gasteiger partial charge in [0.05, 0.1) is 6.10 Å². The van der Waals surface area contributed by atoms with Gasteiger partial charge < -0.3 is 19.9 Å². The van der Waals surface area contributed by atoms with Crippen molar-refractivity contribution >= 4 is 12.1 Å². The fraction of sp³-hybridized carbons (Fsp3) is 0.909. The van der Waals surface area contributed by atoms with Gasteiger partial charge in [-0.1, -0.05) is 19.8 Å². The lowest BCUT2D eigenvalue weighted by Gasteiger charge is -2.59. The van der Waals surface area contributed by atoms with Gasteiger partial charge in [0.2, 0.25) is 0 Å². The summed E-state index contributed by atoms with van der Waals surface area (Å²) in [4.78, 5) is 24.3. The van der Waals surface area contributed by atoms with Crippen LogP contribution in [0.3, 0.4) is 0 Å². The standard InChI is InChI=1S/C22H35NO5/c1-13-6-4-5-7-17(13)27-21(2,3)19(24)23-18-15-8-14-9-16(18)12-22(10-14,11-15)28-20(25)26/h13-18H,4-12H2,1-3H3,(H,23,24)(H,25,26). The molecule has 6 heteroatoms. The lowest BCUT2D eigenvalue weighted by atomic mass is 9.52. The zero-order valence-corrected chi connectivity index (χ0v) is 17.4. The summed E-state index contributed by atoms with van der Waals surface area (Å²) in [5.74, 6) is 1.60. The highest BCUT2D eigenvalue weighted by Crippen LogP contribution is 2.57. The van der Waals surface area contributed by atoms with Crippen molar-refractivity contribution in [3.05, 3.63) is 0 Å². The molecule has 0 saturated heterocycles. The van der Waals surface area contributed by atoms with Crippen molar-refractivity contribution in [3.63, 3.8) is 0 Å². The highest BCUT2D eigenvalue weighted by Gasteiger charge is 2.58. The summed E-state index contributed by atoms with van der Waals surface area (Å²) in [5.41, 5.74) is -1.37. The van der Waals surface area contributed by atoms with Crippen LogP contribution in [-0.4, -0.2) is 40.5 Å². The smallest absolute Gasteiger partial charge is 0.450 e. The van der Waals surface area contributed by atoms with E-state index in [-0.39, 0.29) is 18.1 Å². The average Bonchev–Trinajstić information content (AvgIpc) is 2.58. The first-order valence-corrected chi connectivity index (χ1v) is 11.1. The Hall–Kier alpha value is -1.30. The van der Waals surface area contributed by atoms with Crippen molar-refractivity contribution in [1.29, 1.82) is 0 Å². The quantitative estimate of drug-likeness (QED) is 0.687. The molecule has 0 aliphatic heterocycles. The lowest BCUT2D eigenvalue weighted by Crippen LogP contribution is -2.64. The van der Waals surface area contributed by atoms with E-state index in [0.717, 1.165) is 38.5 Å². The molecular weight excluding hydrogens is 358 g/mol. The molecule has 0 spiro atoms. The van der Waals surface area contributed by atoms with Crippen molar-refractivity contribution in [2.75, 3.05) is 0 Å². The van der Waals surface area contributed by atoms with Crippen LogP contribution in [0.5, 0.6) is 0 Å². The third-order valence-electron chi connectivity index (χ3n) is 7.84. The van der Waals surface area contributed by atoms with E-state index in [2.05, 4.69) is 12.2 Å². The van der Waals surface area contributed by atoms with Crippen molar-refractivity contribution in [3.8, 4) is 0 Å². The van der Waals surface area contributed by atoms with Gasteiger partial charge in [-0.05, 0) is 82.5 Å². The SMILES string of the molecule is CC1CCCCC1OC(C)(C)C(=O)NC1C2CC3CC1CC(OC(=O)O)(C3)C2. The molecule has 5 aliphatic carbocycles. The number of rotatable bonds is 5. The number of carbonyl (C=O) groups excluding carboxylic acids is 1. The fourth-order valence-electron chi connectivity index (χ4n) is 6.71. The van der Waals surface area contributed by atoms with Crippen LogP contribution in [0.15, 0.2) is 0 Å². The maximum atomic E-state index is 13.1. The van der Waals surface area contributed by atoms with Crippen LogP contribution in [0.4, 0.5) is 4.79 Å². The molecule has 0 radical (unpaired) electrons. The molecule has 5 fully saturated rings. The average molecular weight is 394 g/mol. The number of amides is 1. The van der Waals surface area contributed by atoms with E-state index < -0.39 is 17.4 Å². The van der Waals surface area contributed by atoms with Crippen LogP contribution in [0.1, 0.15) is 78.6 Å². The van der Waals surface area contributed by atoms with Gasteiger partial charge in [0.15, 0.2) is 0 Å². The normalized spacial score (nSPS) is 42.2.